The van der Waals surface area contributed by atoms with Gasteiger partial charge in [-0.2, -0.15) is 0 Å². The van der Waals surface area contributed by atoms with E-state index in [1.807, 2.05) is 12.1 Å². The Morgan fingerprint density at radius 2 is 2.24 bits per heavy atom. The van der Waals surface area contributed by atoms with Gasteiger partial charge in [-0.05, 0) is 37.5 Å². The van der Waals surface area contributed by atoms with Crippen molar-refractivity contribution in [2.45, 2.75) is 31.8 Å². The van der Waals surface area contributed by atoms with Gasteiger partial charge in [0, 0.05) is 31.9 Å². The van der Waals surface area contributed by atoms with Gasteiger partial charge in [0.2, 0.25) is 5.91 Å². The summed E-state index contributed by atoms with van der Waals surface area (Å²) in [4.78, 5) is 17.6. The molecule has 1 atom stereocenters. The Labute approximate surface area is 101 Å². The van der Waals surface area contributed by atoms with E-state index in [0.717, 1.165) is 12.0 Å². The average Bonchev–Trinajstić information content (AvgIpc) is 2.68. The molecule has 1 unspecified atom stereocenters. The van der Waals surface area contributed by atoms with Crippen LogP contribution in [0.2, 0.25) is 0 Å². The molecule has 2 rings (SSSR count). The van der Waals surface area contributed by atoms with Crippen LogP contribution in [0, 0.1) is 0 Å². The summed E-state index contributed by atoms with van der Waals surface area (Å²) in [5.41, 5.74) is 0.422. The zero-order chi connectivity index (χ0) is 12.3. The second-order valence-corrected chi connectivity index (χ2v) is 4.92. The number of amides is 1. The van der Waals surface area contributed by atoms with Crippen molar-refractivity contribution in [3.63, 3.8) is 0 Å². The second kappa shape index (κ2) is 4.84. The number of nitrogens with zero attached hydrogens (tertiary/aromatic N) is 2. The summed E-state index contributed by atoms with van der Waals surface area (Å²) in [6.07, 6.45) is 5.38. The average molecular weight is 234 g/mol. The highest BCUT2D eigenvalue weighted by Gasteiger charge is 2.33. The minimum atomic E-state index is -0.702. The van der Waals surface area contributed by atoms with Gasteiger partial charge in [-0.25, -0.2) is 0 Å². The van der Waals surface area contributed by atoms with E-state index in [4.69, 9.17) is 0 Å². The molecule has 4 nitrogen and oxygen atoms in total. The van der Waals surface area contributed by atoms with Crippen LogP contribution in [0.15, 0.2) is 24.5 Å². The smallest absolute Gasteiger partial charge is 0.223 e. The van der Waals surface area contributed by atoms with E-state index in [2.05, 4.69) is 4.98 Å². The lowest BCUT2D eigenvalue weighted by molar-refractivity contribution is -0.131. The maximum atomic E-state index is 11.9. The van der Waals surface area contributed by atoms with Crippen LogP contribution in [-0.4, -0.2) is 39.6 Å². The predicted molar refractivity (Wildman–Crippen MR) is 64.4 cm³/mol. The van der Waals surface area contributed by atoms with Crippen LogP contribution in [0.1, 0.15) is 25.3 Å². The highest BCUT2D eigenvalue weighted by Crippen LogP contribution is 2.21. The number of β-amino-alcohol motifs (C(OH)–C–C–N with tert-alkyl or cyclic N) is 1. The van der Waals surface area contributed by atoms with Gasteiger partial charge >= 0.3 is 0 Å². The third-order valence-electron chi connectivity index (χ3n) is 3.18. The molecule has 0 spiro atoms. The predicted octanol–water partition coefficient (Wildman–Crippen LogP) is 0.997. The number of aryl methyl sites for hydroxylation is 1. The van der Waals surface area contributed by atoms with Crippen LogP contribution in [0.3, 0.4) is 0 Å². The monoisotopic (exact) mass is 234 g/mol. The van der Waals surface area contributed by atoms with Crippen molar-refractivity contribution in [2.24, 2.45) is 0 Å². The molecule has 0 aromatic carbocycles. The van der Waals surface area contributed by atoms with Gasteiger partial charge in [0.05, 0.1) is 5.60 Å². The molecule has 17 heavy (non-hydrogen) atoms. The molecule has 0 radical (unpaired) electrons. The van der Waals surface area contributed by atoms with Crippen LogP contribution in [0.5, 0.6) is 0 Å². The van der Waals surface area contributed by atoms with Crippen molar-refractivity contribution in [3.05, 3.63) is 30.1 Å². The van der Waals surface area contributed by atoms with Crippen LogP contribution in [0.25, 0.3) is 0 Å². The van der Waals surface area contributed by atoms with E-state index in [9.17, 15) is 9.90 Å². The molecule has 1 saturated heterocycles. The second-order valence-electron chi connectivity index (χ2n) is 4.92. The summed E-state index contributed by atoms with van der Waals surface area (Å²) in [5, 5.41) is 9.80. The molecule has 1 aromatic heterocycles. The first-order valence-corrected chi connectivity index (χ1v) is 5.96. The quantitative estimate of drug-likeness (QED) is 0.848. The van der Waals surface area contributed by atoms with E-state index >= 15 is 0 Å². The van der Waals surface area contributed by atoms with E-state index in [0.29, 0.717) is 25.9 Å². The molecule has 0 bridgehead atoms. The van der Waals surface area contributed by atoms with Crippen LogP contribution in [-0.2, 0) is 11.2 Å². The molecule has 1 aromatic rings. The van der Waals surface area contributed by atoms with E-state index in [1.54, 1.807) is 24.2 Å². The van der Waals surface area contributed by atoms with Crippen molar-refractivity contribution < 1.29 is 9.90 Å². The van der Waals surface area contributed by atoms with E-state index in [1.165, 1.54) is 0 Å². The number of hydrogen-bond acceptors (Lipinski definition) is 3. The lowest BCUT2D eigenvalue weighted by Gasteiger charge is -2.18. The Morgan fingerprint density at radius 1 is 1.53 bits per heavy atom. The number of hydrogen-bond donors (Lipinski definition) is 1. The highest BCUT2D eigenvalue weighted by atomic mass is 16.3. The van der Waals surface area contributed by atoms with E-state index in [-0.39, 0.29) is 5.91 Å². The molecule has 1 aliphatic heterocycles. The first-order valence-electron chi connectivity index (χ1n) is 5.96. The fourth-order valence-electron chi connectivity index (χ4n) is 2.12. The number of likely N-dealkylation sites (tertiary alicyclic amines) is 1. The van der Waals surface area contributed by atoms with E-state index < -0.39 is 5.60 Å². The number of pyridine rings is 1. The normalized spacial score (nSPS) is 24.0. The molecule has 4 heteroatoms. The summed E-state index contributed by atoms with van der Waals surface area (Å²) in [7, 11) is 0. The van der Waals surface area contributed by atoms with Gasteiger partial charge in [-0.15, -0.1) is 0 Å². The maximum absolute atomic E-state index is 11.9. The third kappa shape index (κ3) is 3.27. The first-order chi connectivity index (χ1) is 8.07. The van der Waals surface area contributed by atoms with Crippen molar-refractivity contribution >= 4 is 5.91 Å². The van der Waals surface area contributed by atoms with Gasteiger partial charge in [0.15, 0.2) is 0 Å². The fourth-order valence-corrected chi connectivity index (χ4v) is 2.12. The molecule has 2 heterocycles. The molecular formula is C13H18N2O2. The zero-order valence-corrected chi connectivity index (χ0v) is 10.1. The van der Waals surface area contributed by atoms with Crippen molar-refractivity contribution in [1.82, 2.24) is 9.88 Å². The molecule has 1 fully saturated rings. The summed E-state index contributed by atoms with van der Waals surface area (Å²) in [6.45, 7) is 2.91. The zero-order valence-electron chi connectivity index (χ0n) is 10.1. The van der Waals surface area contributed by atoms with Gasteiger partial charge in [-0.3, -0.25) is 9.78 Å². The first kappa shape index (κ1) is 12.0. The fraction of sp³-hybridized carbons (Fsp3) is 0.538. The summed E-state index contributed by atoms with van der Waals surface area (Å²) < 4.78 is 0. The highest BCUT2D eigenvalue weighted by molar-refractivity contribution is 5.76. The summed E-state index contributed by atoms with van der Waals surface area (Å²) in [6, 6.07) is 3.85. The Kier molecular flexibility index (Phi) is 3.43. The Hall–Kier alpha value is -1.42. The minimum absolute atomic E-state index is 0.125. The number of carbonyl (C=O) groups is 1. The molecule has 92 valence electrons. The Bertz CT molecular complexity index is 390. The molecular weight excluding hydrogens is 216 g/mol. The van der Waals surface area contributed by atoms with Crippen molar-refractivity contribution in [2.75, 3.05) is 13.1 Å². The number of aromatic nitrogens is 1. The standard InChI is InChI=1S/C13H18N2O2/c1-13(17)6-9-15(10-13)12(16)3-2-11-4-7-14-8-5-11/h4-5,7-8,17H,2-3,6,9-10H2,1H3. The number of aliphatic hydroxyl groups is 1. The molecule has 1 aliphatic rings. The molecule has 1 amide bonds. The topological polar surface area (TPSA) is 53.4 Å². The van der Waals surface area contributed by atoms with Gasteiger partial charge in [0.1, 0.15) is 0 Å². The largest absolute Gasteiger partial charge is 0.388 e. The van der Waals surface area contributed by atoms with Gasteiger partial charge < -0.3 is 10.0 Å². The van der Waals surface area contributed by atoms with Gasteiger partial charge in [0.25, 0.3) is 0 Å². The van der Waals surface area contributed by atoms with Crippen LogP contribution >= 0.6 is 0 Å². The SMILES string of the molecule is CC1(O)CCN(C(=O)CCc2ccncc2)C1. The van der Waals surface area contributed by atoms with Gasteiger partial charge in [-0.1, -0.05) is 0 Å². The lowest BCUT2D eigenvalue weighted by Crippen LogP contribution is -2.33. The molecule has 0 aliphatic carbocycles. The summed E-state index contributed by atoms with van der Waals surface area (Å²) >= 11 is 0. The van der Waals surface area contributed by atoms with Crippen molar-refractivity contribution in [1.29, 1.82) is 0 Å². The minimum Gasteiger partial charge on any atom is -0.388 e. The van der Waals surface area contributed by atoms with Crippen LogP contribution < -0.4 is 0 Å². The third-order valence-corrected chi connectivity index (χ3v) is 3.18. The molecule has 1 N–H and O–H groups in total. The Morgan fingerprint density at radius 3 is 2.82 bits per heavy atom. The summed E-state index contributed by atoms with van der Waals surface area (Å²) in [5.74, 6) is 0.125. The maximum Gasteiger partial charge on any atom is 0.223 e. The van der Waals surface area contributed by atoms with Crippen LogP contribution in [0.4, 0.5) is 0 Å². The Balaban J connectivity index is 1.83. The molecule has 0 saturated carbocycles. The lowest BCUT2D eigenvalue weighted by atomic mass is 10.1. The van der Waals surface area contributed by atoms with Crippen molar-refractivity contribution in [3.8, 4) is 0 Å². The number of carbonyl (C=O) groups excluding carboxylic acids is 1. The number of rotatable bonds is 3.